The highest BCUT2D eigenvalue weighted by atomic mass is 79.9. The Labute approximate surface area is 133 Å². The van der Waals surface area contributed by atoms with Crippen LogP contribution in [0.2, 0.25) is 0 Å². The summed E-state index contributed by atoms with van der Waals surface area (Å²) in [5.41, 5.74) is 2.23. The summed E-state index contributed by atoms with van der Waals surface area (Å²) in [7, 11) is 0. The van der Waals surface area contributed by atoms with Crippen molar-refractivity contribution in [2.24, 2.45) is 0 Å². The maximum absolute atomic E-state index is 13.2. The zero-order valence-corrected chi connectivity index (χ0v) is 13.8. The molecule has 0 aliphatic carbocycles. The van der Waals surface area contributed by atoms with Crippen molar-refractivity contribution >= 4 is 15.9 Å². The topological polar surface area (TPSA) is 21.3 Å². The first kappa shape index (κ1) is 16.0. The Kier molecular flexibility index (Phi) is 5.76. The second kappa shape index (κ2) is 7.57. The van der Waals surface area contributed by atoms with E-state index in [1.807, 2.05) is 38.1 Å². The maximum atomic E-state index is 13.2. The van der Waals surface area contributed by atoms with E-state index >= 15 is 0 Å². The second-order valence-electron chi connectivity index (χ2n) is 5.01. The Bertz CT molecular complexity index is 603. The van der Waals surface area contributed by atoms with Gasteiger partial charge in [0.1, 0.15) is 18.2 Å². The molecular weight excluding hydrogens is 333 g/mol. The van der Waals surface area contributed by atoms with Crippen molar-refractivity contribution in [3.05, 3.63) is 63.9 Å². The summed E-state index contributed by atoms with van der Waals surface area (Å²) in [6.45, 7) is 5.41. The van der Waals surface area contributed by atoms with E-state index in [0.717, 1.165) is 17.9 Å². The van der Waals surface area contributed by atoms with E-state index in [4.69, 9.17) is 4.74 Å². The molecule has 0 aliphatic rings. The van der Waals surface area contributed by atoms with Crippen LogP contribution in [-0.2, 0) is 0 Å². The fourth-order valence-corrected chi connectivity index (χ4v) is 2.45. The van der Waals surface area contributed by atoms with Crippen molar-refractivity contribution in [2.45, 2.75) is 19.9 Å². The third kappa shape index (κ3) is 4.83. The molecule has 1 unspecified atom stereocenters. The van der Waals surface area contributed by atoms with Gasteiger partial charge in [-0.2, -0.15) is 0 Å². The molecule has 0 aliphatic heterocycles. The summed E-state index contributed by atoms with van der Waals surface area (Å²) in [6.07, 6.45) is 0. The quantitative estimate of drug-likeness (QED) is 0.766. The Morgan fingerprint density at radius 1 is 1.24 bits per heavy atom. The highest BCUT2D eigenvalue weighted by Crippen LogP contribution is 2.21. The lowest BCUT2D eigenvalue weighted by molar-refractivity contribution is 0.307. The Balaban J connectivity index is 1.79. The standard InChI is InChI=1S/C17H19BrFNO/c1-12-4-3-5-15(10-12)21-9-8-20-13(2)14-6-7-17(19)16(18)11-14/h3-7,10-11,13,20H,8-9H2,1-2H3. The highest BCUT2D eigenvalue weighted by Gasteiger charge is 2.07. The van der Waals surface area contributed by atoms with Gasteiger partial charge in [-0.3, -0.25) is 0 Å². The highest BCUT2D eigenvalue weighted by molar-refractivity contribution is 9.10. The average Bonchev–Trinajstić information content (AvgIpc) is 2.46. The predicted octanol–water partition coefficient (Wildman–Crippen LogP) is 4.63. The molecule has 0 aromatic heterocycles. The Morgan fingerprint density at radius 3 is 2.76 bits per heavy atom. The monoisotopic (exact) mass is 351 g/mol. The van der Waals surface area contributed by atoms with Crippen LogP contribution in [0.4, 0.5) is 4.39 Å². The van der Waals surface area contributed by atoms with Crippen molar-refractivity contribution in [1.82, 2.24) is 5.32 Å². The number of ether oxygens (including phenoxy) is 1. The largest absolute Gasteiger partial charge is 0.492 e. The van der Waals surface area contributed by atoms with Gasteiger partial charge in [0.25, 0.3) is 0 Å². The van der Waals surface area contributed by atoms with Gasteiger partial charge >= 0.3 is 0 Å². The number of benzene rings is 2. The minimum atomic E-state index is -0.242. The van der Waals surface area contributed by atoms with Gasteiger partial charge in [0, 0.05) is 12.6 Å². The molecule has 1 atom stereocenters. The van der Waals surface area contributed by atoms with E-state index in [2.05, 4.69) is 21.2 Å². The molecule has 0 saturated carbocycles. The smallest absolute Gasteiger partial charge is 0.137 e. The third-order valence-corrected chi connectivity index (χ3v) is 3.86. The molecule has 0 fully saturated rings. The zero-order chi connectivity index (χ0) is 15.2. The molecule has 4 heteroatoms. The van der Waals surface area contributed by atoms with Crippen LogP contribution in [0.25, 0.3) is 0 Å². The van der Waals surface area contributed by atoms with Crippen molar-refractivity contribution < 1.29 is 9.13 Å². The molecule has 2 rings (SSSR count). The maximum Gasteiger partial charge on any atom is 0.137 e. The van der Waals surface area contributed by atoms with Gasteiger partial charge in [-0.15, -0.1) is 0 Å². The van der Waals surface area contributed by atoms with Crippen LogP contribution in [0.1, 0.15) is 24.1 Å². The molecule has 0 bridgehead atoms. The van der Waals surface area contributed by atoms with Gasteiger partial charge in [0.15, 0.2) is 0 Å². The number of hydrogen-bond donors (Lipinski definition) is 1. The van der Waals surface area contributed by atoms with Crippen molar-refractivity contribution in [1.29, 1.82) is 0 Å². The number of nitrogens with one attached hydrogen (secondary N) is 1. The van der Waals surface area contributed by atoms with Crippen LogP contribution in [0.5, 0.6) is 5.75 Å². The normalized spacial score (nSPS) is 12.2. The van der Waals surface area contributed by atoms with Crippen molar-refractivity contribution in [3.8, 4) is 5.75 Å². The van der Waals surface area contributed by atoms with E-state index in [9.17, 15) is 4.39 Å². The van der Waals surface area contributed by atoms with Gasteiger partial charge in [0.2, 0.25) is 0 Å². The molecule has 0 amide bonds. The average molecular weight is 352 g/mol. The Hall–Kier alpha value is -1.39. The third-order valence-electron chi connectivity index (χ3n) is 3.25. The predicted molar refractivity (Wildman–Crippen MR) is 87.2 cm³/mol. The molecule has 112 valence electrons. The van der Waals surface area contributed by atoms with Crippen LogP contribution >= 0.6 is 15.9 Å². The first-order valence-corrected chi connectivity index (χ1v) is 7.73. The summed E-state index contributed by atoms with van der Waals surface area (Å²) in [5.74, 6) is 0.641. The van der Waals surface area contributed by atoms with E-state index in [0.29, 0.717) is 11.1 Å². The van der Waals surface area contributed by atoms with Gasteiger partial charge < -0.3 is 10.1 Å². The molecule has 21 heavy (non-hydrogen) atoms. The van der Waals surface area contributed by atoms with Gasteiger partial charge in [-0.25, -0.2) is 4.39 Å². The lowest BCUT2D eigenvalue weighted by Crippen LogP contribution is -2.24. The fourth-order valence-electron chi connectivity index (χ4n) is 2.05. The second-order valence-corrected chi connectivity index (χ2v) is 5.87. The summed E-state index contributed by atoms with van der Waals surface area (Å²) < 4.78 is 19.4. The molecule has 0 saturated heterocycles. The van der Waals surface area contributed by atoms with Crippen LogP contribution < -0.4 is 10.1 Å². The molecule has 2 aromatic rings. The van der Waals surface area contributed by atoms with E-state index in [1.54, 1.807) is 12.1 Å². The number of rotatable bonds is 6. The molecule has 0 spiro atoms. The van der Waals surface area contributed by atoms with Gasteiger partial charge in [-0.05, 0) is 65.2 Å². The fraction of sp³-hybridized carbons (Fsp3) is 0.294. The van der Waals surface area contributed by atoms with Crippen LogP contribution in [0.15, 0.2) is 46.9 Å². The minimum absolute atomic E-state index is 0.142. The molecular formula is C17H19BrFNO. The summed E-state index contributed by atoms with van der Waals surface area (Å²) >= 11 is 3.21. The van der Waals surface area contributed by atoms with E-state index in [-0.39, 0.29) is 11.9 Å². The molecule has 2 aromatic carbocycles. The van der Waals surface area contributed by atoms with E-state index in [1.165, 1.54) is 11.6 Å². The first-order valence-electron chi connectivity index (χ1n) is 6.94. The number of halogens is 2. The number of hydrogen-bond acceptors (Lipinski definition) is 2. The summed E-state index contributed by atoms with van der Waals surface area (Å²) in [5, 5.41) is 3.36. The van der Waals surface area contributed by atoms with Crippen LogP contribution in [0.3, 0.4) is 0 Å². The SMILES string of the molecule is Cc1cccc(OCCNC(C)c2ccc(F)c(Br)c2)c1. The van der Waals surface area contributed by atoms with Crippen molar-refractivity contribution in [2.75, 3.05) is 13.2 Å². The Morgan fingerprint density at radius 2 is 2.05 bits per heavy atom. The summed E-state index contributed by atoms with van der Waals surface area (Å²) in [6, 6.07) is 13.2. The number of aryl methyl sites for hydroxylation is 1. The molecule has 1 N–H and O–H groups in total. The lowest BCUT2D eigenvalue weighted by Gasteiger charge is -2.15. The molecule has 0 radical (unpaired) electrons. The van der Waals surface area contributed by atoms with Gasteiger partial charge in [0.05, 0.1) is 4.47 Å². The zero-order valence-electron chi connectivity index (χ0n) is 12.2. The first-order chi connectivity index (χ1) is 10.1. The van der Waals surface area contributed by atoms with E-state index < -0.39 is 0 Å². The summed E-state index contributed by atoms with van der Waals surface area (Å²) in [4.78, 5) is 0. The van der Waals surface area contributed by atoms with Gasteiger partial charge in [-0.1, -0.05) is 18.2 Å². The lowest BCUT2D eigenvalue weighted by atomic mass is 10.1. The van der Waals surface area contributed by atoms with Crippen molar-refractivity contribution in [3.63, 3.8) is 0 Å². The molecule has 0 heterocycles. The van der Waals surface area contributed by atoms with Crippen LogP contribution in [0, 0.1) is 12.7 Å². The van der Waals surface area contributed by atoms with Crippen LogP contribution in [-0.4, -0.2) is 13.2 Å². The minimum Gasteiger partial charge on any atom is -0.492 e. The molecule has 2 nitrogen and oxygen atoms in total.